The van der Waals surface area contributed by atoms with E-state index in [1.165, 1.54) is 12.1 Å². The van der Waals surface area contributed by atoms with E-state index in [9.17, 15) is 14.5 Å². The second-order valence-corrected chi connectivity index (χ2v) is 5.64. The van der Waals surface area contributed by atoms with Gasteiger partial charge < -0.3 is 4.90 Å². The summed E-state index contributed by atoms with van der Waals surface area (Å²) in [5.41, 5.74) is 1.69. The van der Waals surface area contributed by atoms with Gasteiger partial charge in [-0.1, -0.05) is 24.3 Å². The minimum absolute atomic E-state index is 0.118. The number of anilines is 1. The maximum absolute atomic E-state index is 13.8. The lowest BCUT2D eigenvalue weighted by Gasteiger charge is -2.36. The number of para-hydroxylation sites is 1. The summed E-state index contributed by atoms with van der Waals surface area (Å²) in [7, 11) is 0. The fourth-order valence-electron chi connectivity index (χ4n) is 2.88. The SMILES string of the molecule is O=[N+]([O-])c1cccc(CN2CCN(c3ccccc3F)CC2)c1. The van der Waals surface area contributed by atoms with E-state index in [2.05, 4.69) is 4.90 Å². The van der Waals surface area contributed by atoms with Crippen molar-refractivity contribution in [3.8, 4) is 0 Å². The molecule has 0 N–H and O–H groups in total. The highest BCUT2D eigenvalue weighted by molar-refractivity contribution is 5.48. The van der Waals surface area contributed by atoms with Crippen LogP contribution in [0.5, 0.6) is 0 Å². The van der Waals surface area contributed by atoms with Crippen molar-refractivity contribution in [2.45, 2.75) is 6.54 Å². The van der Waals surface area contributed by atoms with Gasteiger partial charge in [0.05, 0.1) is 10.6 Å². The maximum Gasteiger partial charge on any atom is 0.269 e. The summed E-state index contributed by atoms with van der Waals surface area (Å²) in [6.45, 7) is 3.77. The van der Waals surface area contributed by atoms with Crippen LogP contribution in [0.1, 0.15) is 5.56 Å². The largest absolute Gasteiger partial charge is 0.367 e. The number of non-ortho nitro benzene ring substituents is 1. The zero-order chi connectivity index (χ0) is 16.2. The van der Waals surface area contributed by atoms with Crippen LogP contribution in [0.2, 0.25) is 0 Å². The number of nitro benzene ring substituents is 1. The average Bonchev–Trinajstić information content (AvgIpc) is 2.56. The van der Waals surface area contributed by atoms with Crippen LogP contribution in [-0.4, -0.2) is 36.0 Å². The van der Waals surface area contributed by atoms with Gasteiger partial charge in [0.1, 0.15) is 5.82 Å². The van der Waals surface area contributed by atoms with E-state index in [1.807, 2.05) is 17.0 Å². The molecule has 5 nitrogen and oxygen atoms in total. The van der Waals surface area contributed by atoms with Gasteiger partial charge in [0.15, 0.2) is 0 Å². The third-order valence-corrected chi connectivity index (χ3v) is 4.09. The molecule has 23 heavy (non-hydrogen) atoms. The molecular weight excluding hydrogens is 297 g/mol. The average molecular weight is 315 g/mol. The quantitative estimate of drug-likeness (QED) is 0.643. The third kappa shape index (κ3) is 3.65. The van der Waals surface area contributed by atoms with Crippen LogP contribution in [-0.2, 0) is 6.54 Å². The molecule has 0 amide bonds. The Morgan fingerprint density at radius 1 is 1.04 bits per heavy atom. The molecule has 0 saturated carbocycles. The Morgan fingerprint density at radius 2 is 1.78 bits per heavy atom. The minimum Gasteiger partial charge on any atom is -0.367 e. The van der Waals surface area contributed by atoms with Gasteiger partial charge >= 0.3 is 0 Å². The number of nitrogens with zero attached hydrogens (tertiary/aromatic N) is 3. The lowest BCUT2D eigenvalue weighted by molar-refractivity contribution is -0.384. The van der Waals surface area contributed by atoms with Gasteiger partial charge in [-0.25, -0.2) is 4.39 Å². The van der Waals surface area contributed by atoms with Crippen molar-refractivity contribution in [2.75, 3.05) is 31.1 Å². The normalized spacial score (nSPS) is 15.6. The summed E-state index contributed by atoms with van der Waals surface area (Å²) < 4.78 is 13.8. The van der Waals surface area contributed by atoms with Crippen LogP contribution in [0, 0.1) is 15.9 Å². The second kappa shape index (κ2) is 6.75. The van der Waals surface area contributed by atoms with Crippen molar-refractivity contribution in [1.82, 2.24) is 4.90 Å². The monoisotopic (exact) mass is 315 g/mol. The lowest BCUT2D eigenvalue weighted by atomic mass is 10.1. The molecule has 0 radical (unpaired) electrons. The molecule has 0 aromatic heterocycles. The molecule has 1 saturated heterocycles. The molecule has 0 spiro atoms. The number of nitro groups is 1. The van der Waals surface area contributed by atoms with Crippen molar-refractivity contribution >= 4 is 11.4 Å². The van der Waals surface area contributed by atoms with E-state index in [0.29, 0.717) is 12.2 Å². The Bertz CT molecular complexity index is 700. The first-order valence-electron chi connectivity index (χ1n) is 7.58. The first-order valence-corrected chi connectivity index (χ1v) is 7.58. The van der Waals surface area contributed by atoms with Crippen LogP contribution in [0.3, 0.4) is 0 Å². The number of rotatable bonds is 4. The van der Waals surface area contributed by atoms with Gasteiger partial charge in [-0.2, -0.15) is 0 Å². The number of benzene rings is 2. The highest BCUT2D eigenvalue weighted by atomic mass is 19.1. The minimum atomic E-state index is -0.375. The number of hydrogen-bond donors (Lipinski definition) is 0. The Hall–Kier alpha value is -2.47. The van der Waals surface area contributed by atoms with Crippen molar-refractivity contribution in [3.05, 3.63) is 70.0 Å². The smallest absolute Gasteiger partial charge is 0.269 e. The van der Waals surface area contributed by atoms with E-state index >= 15 is 0 Å². The van der Waals surface area contributed by atoms with E-state index in [4.69, 9.17) is 0 Å². The summed E-state index contributed by atoms with van der Waals surface area (Å²) in [6.07, 6.45) is 0. The molecule has 120 valence electrons. The molecule has 2 aromatic carbocycles. The molecular formula is C17H18FN3O2. The highest BCUT2D eigenvalue weighted by Gasteiger charge is 2.19. The van der Waals surface area contributed by atoms with Gasteiger partial charge in [0.25, 0.3) is 5.69 Å². The number of hydrogen-bond acceptors (Lipinski definition) is 4. The Balaban J connectivity index is 1.60. The maximum atomic E-state index is 13.8. The molecule has 6 heteroatoms. The first-order chi connectivity index (χ1) is 11.1. The van der Waals surface area contributed by atoms with Crippen LogP contribution < -0.4 is 4.90 Å². The van der Waals surface area contributed by atoms with Crippen molar-refractivity contribution in [1.29, 1.82) is 0 Å². The van der Waals surface area contributed by atoms with E-state index in [0.717, 1.165) is 31.7 Å². The Kier molecular flexibility index (Phi) is 4.52. The van der Waals surface area contributed by atoms with Crippen LogP contribution in [0.25, 0.3) is 0 Å². The standard InChI is InChI=1S/C17H18FN3O2/c18-16-6-1-2-7-17(16)20-10-8-19(9-11-20)13-14-4-3-5-15(12-14)21(22)23/h1-7,12H,8-11,13H2. The molecule has 1 fully saturated rings. The van der Waals surface area contributed by atoms with E-state index in [1.54, 1.807) is 24.3 Å². The van der Waals surface area contributed by atoms with Crippen molar-refractivity contribution in [3.63, 3.8) is 0 Å². The molecule has 1 aliphatic heterocycles. The predicted octanol–water partition coefficient (Wildman–Crippen LogP) is 3.06. The number of halogens is 1. The zero-order valence-corrected chi connectivity index (χ0v) is 12.7. The second-order valence-electron chi connectivity index (χ2n) is 5.64. The molecule has 1 aliphatic rings. The zero-order valence-electron chi connectivity index (χ0n) is 12.7. The molecule has 0 atom stereocenters. The van der Waals surface area contributed by atoms with Crippen molar-refractivity contribution < 1.29 is 9.31 Å². The molecule has 2 aromatic rings. The summed E-state index contributed by atoms with van der Waals surface area (Å²) in [5.74, 6) is -0.195. The predicted molar refractivity (Wildman–Crippen MR) is 87.0 cm³/mol. The Morgan fingerprint density at radius 3 is 2.48 bits per heavy atom. The van der Waals surface area contributed by atoms with Crippen molar-refractivity contribution in [2.24, 2.45) is 0 Å². The molecule has 1 heterocycles. The molecule has 0 aliphatic carbocycles. The fourth-order valence-corrected chi connectivity index (χ4v) is 2.88. The van der Waals surface area contributed by atoms with Crippen LogP contribution >= 0.6 is 0 Å². The summed E-state index contributed by atoms with van der Waals surface area (Å²) >= 11 is 0. The van der Waals surface area contributed by atoms with E-state index in [-0.39, 0.29) is 16.4 Å². The molecule has 0 unspecified atom stereocenters. The van der Waals surface area contributed by atoms with Gasteiger partial charge in [-0.3, -0.25) is 15.0 Å². The van der Waals surface area contributed by atoms with Gasteiger partial charge in [-0.15, -0.1) is 0 Å². The first kappa shape index (κ1) is 15.4. The summed E-state index contributed by atoms with van der Waals surface area (Å²) in [6, 6.07) is 13.5. The summed E-state index contributed by atoms with van der Waals surface area (Å²) in [4.78, 5) is 14.7. The van der Waals surface area contributed by atoms with Crippen LogP contribution in [0.4, 0.5) is 15.8 Å². The fraction of sp³-hybridized carbons (Fsp3) is 0.294. The molecule has 3 rings (SSSR count). The van der Waals surface area contributed by atoms with Gasteiger partial charge in [0, 0.05) is 44.9 Å². The molecule has 0 bridgehead atoms. The van der Waals surface area contributed by atoms with Crippen LogP contribution in [0.15, 0.2) is 48.5 Å². The van der Waals surface area contributed by atoms with Gasteiger partial charge in [-0.05, 0) is 17.7 Å². The lowest BCUT2D eigenvalue weighted by Crippen LogP contribution is -2.46. The topological polar surface area (TPSA) is 49.6 Å². The Labute approximate surface area is 134 Å². The summed E-state index contributed by atoms with van der Waals surface area (Å²) in [5, 5.41) is 10.8. The highest BCUT2D eigenvalue weighted by Crippen LogP contribution is 2.21. The number of piperazine rings is 1. The van der Waals surface area contributed by atoms with Gasteiger partial charge in [0.2, 0.25) is 0 Å². The third-order valence-electron chi connectivity index (χ3n) is 4.09. The van der Waals surface area contributed by atoms with E-state index < -0.39 is 0 Å².